The number of imide groups is 1. The number of benzene rings is 1. The van der Waals surface area contributed by atoms with Gasteiger partial charge in [0.2, 0.25) is 17.7 Å². The van der Waals surface area contributed by atoms with Crippen molar-refractivity contribution < 1.29 is 19.2 Å². The Morgan fingerprint density at radius 3 is 2.33 bits per heavy atom. The number of carbonyl (C=O) groups excluding carboxylic acids is 4. The number of amides is 4. The predicted octanol–water partition coefficient (Wildman–Crippen LogP) is 1.15. The molecule has 2 aliphatic heterocycles. The van der Waals surface area contributed by atoms with Crippen molar-refractivity contribution in [3.8, 4) is 0 Å². The van der Waals surface area contributed by atoms with Gasteiger partial charge in [-0.15, -0.1) is 0 Å². The van der Waals surface area contributed by atoms with Crippen LogP contribution in [-0.4, -0.2) is 48.2 Å². The van der Waals surface area contributed by atoms with Crippen LogP contribution in [-0.2, 0) is 25.6 Å². The summed E-state index contributed by atoms with van der Waals surface area (Å²) in [6, 6.07) is 8.02. The number of aryl methyl sites for hydroxylation is 1. The zero-order valence-electron chi connectivity index (χ0n) is 17.1. The Kier molecular flexibility index (Phi) is 6.01. The Morgan fingerprint density at radius 1 is 0.933 bits per heavy atom. The number of hydrogen-bond acceptors (Lipinski definition) is 5. The first-order valence-corrected chi connectivity index (χ1v) is 10.8. The summed E-state index contributed by atoms with van der Waals surface area (Å²) in [4.78, 5) is 52.5. The highest BCUT2D eigenvalue weighted by Gasteiger charge is 2.47. The molecule has 4 amide bonds. The minimum Gasteiger partial charge on any atom is -0.362 e. The molecule has 0 radical (unpaired) electrons. The number of rotatable bonds is 5. The number of para-hydroxylation sites is 1. The van der Waals surface area contributed by atoms with Crippen molar-refractivity contribution in [2.24, 2.45) is 11.8 Å². The van der Waals surface area contributed by atoms with Gasteiger partial charge in [-0.1, -0.05) is 31.0 Å². The van der Waals surface area contributed by atoms with Gasteiger partial charge in [0.1, 0.15) is 0 Å². The zero-order valence-corrected chi connectivity index (χ0v) is 17.1. The van der Waals surface area contributed by atoms with E-state index in [0.717, 1.165) is 50.8 Å². The summed E-state index contributed by atoms with van der Waals surface area (Å²) in [5, 5.41) is 0. The number of hydrazine groups is 1. The fourth-order valence-electron chi connectivity index (χ4n) is 4.86. The van der Waals surface area contributed by atoms with Crippen molar-refractivity contribution in [1.29, 1.82) is 0 Å². The highest BCUT2D eigenvalue weighted by atomic mass is 16.2. The lowest BCUT2D eigenvalue weighted by atomic mass is 9.81. The van der Waals surface area contributed by atoms with E-state index < -0.39 is 5.91 Å². The maximum absolute atomic E-state index is 12.4. The Bertz CT molecular complexity index is 831. The van der Waals surface area contributed by atoms with Crippen LogP contribution in [0, 0.1) is 11.8 Å². The van der Waals surface area contributed by atoms with Crippen LogP contribution < -0.4 is 15.8 Å². The standard InChI is InChI=1S/C22H28N4O4/c27-19(11-13-26-21(29)16-8-2-3-9-17(16)22(26)30)23-24-20(28)14-25-12-5-7-15-6-1-4-10-18(15)25/h1,4,6,10,16-17H,2-3,5,7-9,11-14H2,(H,23,27)(H,24,28)/t16-,17+. The number of fused-ring (bicyclic) bond motifs is 2. The minimum atomic E-state index is -0.419. The van der Waals surface area contributed by atoms with Gasteiger partial charge in [0, 0.05) is 25.2 Å². The molecule has 8 nitrogen and oxygen atoms in total. The monoisotopic (exact) mass is 412 g/mol. The highest BCUT2D eigenvalue weighted by Crippen LogP contribution is 2.37. The number of carbonyl (C=O) groups is 4. The average molecular weight is 412 g/mol. The highest BCUT2D eigenvalue weighted by molar-refractivity contribution is 6.05. The van der Waals surface area contributed by atoms with Gasteiger partial charge in [0.25, 0.3) is 5.91 Å². The van der Waals surface area contributed by atoms with Crippen LogP contribution in [0.25, 0.3) is 0 Å². The summed E-state index contributed by atoms with van der Waals surface area (Å²) >= 11 is 0. The molecular formula is C22H28N4O4. The van der Waals surface area contributed by atoms with Gasteiger partial charge in [-0.25, -0.2) is 0 Å². The lowest BCUT2D eigenvalue weighted by Gasteiger charge is -2.30. The molecule has 1 saturated carbocycles. The first-order valence-electron chi connectivity index (χ1n) is 10.8. The fourth-order valence-corrected chi connectivity index (χ4v) is 4.86. The summed E-state index contributed by atoms with van der Waals surface area (Å²) in [7, 11) is 0. The molecule has 1 saturated heterocycles. The maximum Gasteiger partial charge on any atom is 0.257 e. The second kappa shape index (κ2) is 8.85. The summed E-state index contributed by atoms with van der Waals surface area (Å²) in [6.07, 6.45) is 5.42. The third-order valence-electron chi connectivity index (χ3n) is 6.38. The molecule has 1 aromatic carbocycles. The molecule has 0 spiro atoms. The van der Waals surface area contributed by atoms with E-state index in [9.17, 15) is 19.2 Å². The number of nitrogens with one attached hydrogen (secondary N) is 2. The second-order valence-corrected chi connectivity index (χ2v) is 8.33. The van der Waals surface area contributed by atoms with E-state index in [4.69, 9.17) is 0 Å². The molecule has 2 heterocycles. The van der Waals surface area contributed by atoms with Gasteiger partial charge in [0.15, 0.2) is 0 Å². The molecule has 3 aliphatic rings. The van der Waals surface area contributed by atoms with Crippen molar-refractivity contribution in [2.45, 2.75) is 44.9 Å². The molecule has 8 heteroatoms. The van der Waals surface area contributed by atoms with E-state index >= 15 is 0 Å². The van der Waals surface area contributed by atoms with E-state index in [1.54, 1.807) is 0 Å². The Labute approximate surface area is 175 Å². The van der Waals surface area contributed by atoms with E-state index in [1.807, 2.05) is 23.1 Å². The smallest absolute Gasteiger partial charge is 0.257 e. The molecule has 2 fully saturated rings. The topological polar surface area (TPSA) is 98.8 Å². The van der Waals surface area contributed by atoms with Crippen LogP contribution in [0.2, 0.25) is 0 Å². The lowest BCUT2D eigenvalue weighted by Crippen LogP contribution is -2.48. The van der Waals surface area contributed by atoms with Gasteiger partial charge in [-0.3, -0.25) is 34.9 Å². The van der Waals surface area contributed by atoms with Crippen molar-refractivity contribution in [3.05, 3.63) is 29.8 Å². The fraction of sp³-hybridized carbons (Fsp3) is 0.545. The van der Waals surface area contributed by atoms with Crippen LogP contribution >= 0.6 is 0 Å². The molecule has 1 aliphatic carbocycles. The van der Waals surface area contributed by atoms with Crippen molar-refractivity contribution in [3.63, 3.8) is 0 Å². The van der Waals surface area contributed by atoms with Gasteiger partial charge >= 0.3 is 0 Å². The van der Waals surface area contributed by atoms with Gasteiger partial charge in [0.05, 0.1) is 18.4 Å². The van der Waals surface area contributed by atoms with Crippen molar-refractivity contribution in [2.75, 3.05) is 24.5 Å². The third-order valence-corrected chi connectivity index (χ3v) is 6.38. The molecule has 4 rings (SSSR count). The largest absolute Gasteiger partial charge is 0.362 e. The Balaban J connectivity index is 1.22. The van der Waals surface area contributed by atoms with Crippen LogP contribution in [0.3, 0.4) is 0 Å². The quantitative estimate of drug-likeness (QED) is 0.558. The molecule has 1 aromatic rings. The third kappa shape index (κ3) is 4.17. The van der Waals surface area contributed by atoms with Crippen molar-refractivity contribution in [1.82, 2.24) is 15.8 Å². The van der Waals surface area contributed by atoms with E-state index in [2.05, 4.69) is 16.9 Å². The Hall–Kier alpha value is -2.90. The van der Waals surface area contributed by atoms with Crippen LogP contribution in [0.1, 0.15) is 44.1 Å². The Morgan fingerprint density at radius 2 is 1.60 bits per heavy atom. The van der Waals surface area contributed by atoms with Crippen LogP contribution in [0.15, 0.2) is 24.3 Å². The summed E-state index contributed by atoms with van der Waals surface area (Å²) in [5.74, 6) is -1.43. The molecular weight excluding hydrogens is 384 g/mol. The molecule has 30 heavy (non-hydrogen) atoms. The molecule has 0 aromatic heterocycles. The minimum absolute atomic E-state index is 0.0241. The first kappa shape index (κ1) is 20.4. The number of likely N-dealkylation sites (tertiary alicyclic amines) is 1. The maximum atomic E-state index is 12.4. The van der Waals surface area contributed by atoms with E-state index in [-0.39, 0.29) is 49.1 Å². The number of hydrogen-bond donors (Lipinski definition) is 2. The second-order valence-electron chi connectivity index (χ2n) is 8.33. The molecule has 0 unspecified atom stereocenters. The summed E-state index contributed by atoms with van der Waals surface area (Å²) < 4.78 is 0. The summed E-state index contributed by atoms with van der Waals surface area (Å²) in [6.45, 7) is 1.01. The molecule has 2 atom stereocenters. The SMILES string of the molecule is O=C(CCN1C(=O)[C@H]2CCCC[C@H]2C1=O)NNC(=O)CN1CCCc2ccccc21. The lowest BCUT2D eigenvalue weighted by molar-refractivity contribution is -0.140. The predicted molar refractivity (Wildman–Crippen MR) is 110 cm³/mol. The number of anilines is 1. The zero-order chi connectivity index (χ0) is 21.1. The van der Waals surface area contributed by atoms with E-state index in [1.165, 1.54) is 10.5 Å². The normalized spacial score (nSPS) is 23.1. The average Bonchev–Trinajstić information content (AvgIpc) is 3.01. The van der Waals surface area contributed by atoms with Crippen LogP contribution in [0.4, 0.5) is 5.69 Å². The summed E-state index contributed by atoms with van der Waals surface area (Å²) in [5.41, 5.74) is 7.11. The van der Waals surface area contributed by atoms with Crippen LogP contribution in [0.5, 0.6) is 0 Å². The van der Waals surface area contributed by atoms with E-state index in [0.29, 0.717) is 0 Å². The van der Waals surface area contributed by atoms with Gasteiger partial charge < -0.3 is 4.90 Å². The molecule has 0 bridgehead atoms. The van der Waals surface area contributed by atoms with Gasteiger partial charge in [-0.05, 0) is 37.3 Å². The number of nitrogens with zero attached hydrogens (tertiary/aromatic N) is 2. The molecule has 160 valence electrons. The van der Waals surface area contributed by atoms with Crippen molar-refractivity contribution >= 4 is 29.3 Å². The first-order chi connectivity index (χ1) is 14.5. The van der Waals surface area contributed by atoms with Gasteiger partial charge in [-0.2, -0.15) is 0 Å². The molecule has 2 N–H and O–H groups in total.